The number of aromatic nitrogens is 5. The van der Waals surface area contributed by atoms with E-state index in [0.29, 0.717) is 28.7 Å². The maximum Gasteiger partial charge on any atom is 0.330 e. The third kappa shape index (κ3) is 5.07. The highest BCUT2D eigenvalue weighted by Crippen LogP contribution is 2.47. The number of methoxy groups -OCH3 is 1. The summed E-state index contributed by atoms with van der Waals surface area (Å²) in [5.74, 6) is 0.764. The average Bonchev–Trinajstić information content (AvgIpc) is 3.54. The molecule has 256 valence electrons. The van der Waals surface area contributed by atoms with Gasteiger partial charge in [0.05, 0.1) is 29.5 Å². The number of fused-ring (bicyclic) bond motifs is 2. The van der Waals surface area contributed by atoms with Gasteiger partial charge in [-0.2, -0.15) is 5.10 Å². The quantitative estimate of drug-likeness (QED) is 0.270. The highest BCUT2D eigenvalue weighted by molar-refractivity contribution is 6.36. The molecular formula is C36H35ClN8O5. The van der Waals surface area contributed by atoms with E-state index in [1.165, 1.54) is 23.4 Å². The number of hydrogen-bond acceptors (Lipinski definition) is 10. The molecule has 13 nitrogen and oxygen atoms in total. The topological polar surface area (TPSA) is 146 Å². The number of nitrogens with one attached hydrogen (secondary N) is 2. The Bertz CT molecular complexity index is 2340. The molecule has 5 heterocycles. The van der Waals surface area contributed by atoms with Crippen LogP contribution in [0.4, 0.5) is 11.5 Å². The molecule has 2 N–H and O–H groups in total. The van der Waals surface area contributed by atoms with Gasteiger partial charge in [-0.1, -0.05) is 41.9 Å². The van der Waals surface area contributed by atoms with Gasteiger partial charge in [-0.15, -0.1) is 5.10 Å². The first kappa shape index (κ1) is 32.1. The summed E-state index contributed by atoms with van der Waals surface area (Å²) in [6, 6.07) is 14.0. The van der Waals surface area contributed by atoms with Crippen molar-refractivity contribution in [2.75, 3.05) is 38.7 Å². The number of carbonyl (C=O) groups is 1. The lowest BCUT2D eigenvalue weighted by Crippen LogP contribution is -2.70. The molecule has 14 heteroatoms. The largest absolute Gasteiger partial charge is 0.481 e. The number of likely N-dealkylation sites (tertiary alicyclic amines) is 1. The number of rotatable bonds is 6. The molecule has 2 saturated heterocycles. The van der Waals surface area contributed by atoms with Crippen molar-refractivity contribution in [2.24, 2.45) is 14.1 Å². The van der Waals surface area contributed by atoms with Crippen LogP contribution < -0.4 is 26.6 Å². The summed E-state index contributed by atoms with van der Waals surface area (Å²) < 4.78 is 14.2. The van der Waals surface area contributed by atoms with Crippen LogP contribution >= 0.6 is 11.6 Å². The van der Waals surface area contributed by atoms with E-state index >= 15 is 0 Å². The van der Waals surface area contributed by atoms with Gasteiger partial charge in [0.1, 0.15) is 17.6 Å². The number of carbonyl (C=O) groups excluding carboxylic acids is 1. The Morgan fingerprint density at radius 1 is 1.06 bits per heavy atom. The van der Waals surface area contributed by atoms with E-state index in [-0.39, 0.29) is 35.4 Å². The number of aryl methyl sites for hydroxylation is 2. The lowest BCUT2D eigenvalue weighted by Gasteiger charge is -2.53. The molecule has 0 bridgehead atoms. The number of pyridine rings is 1. The Morgan fingerprint density at radius 3 is 2.58 bits per heavy atom. The van der Waals surface area contributed by atoms with Crippen LogP contribution in [0.3, 0.4) is 0 Å². The van der Waals surface area contributed by atoms with Gasteiger partial charge >= 0.3 is 5.69 Å². The number of hydrogen-bond donors (Lipinski definition) is 2. The second-order valence-electron chi connectivity index (χ2n) is 13.2. The monoisotopic (exact) mass is 694 g/mol. The summed E-state index contributed by atoms with van der Waals surface area (Å²) in [6.07, 6.45) is 3.23. The lowest BCUT2D eigenvalue weighted by molar-refractivity contribution is -0.179. The SMILES string of the molecule is COc1nc(-c2cccc(-c3cccc(Nc4nncc5c4c(=O)n(C)c(=O)n5C)c3C)c2Cl)cc2c1[C@@H](N1CC3(CNC(=O)CO3)C1)CC2. The Balaban J connectivity index is 1.11. The van der Waals surface area contributed by atoms with Crippen molar-refractivity contribution >= 4 is 39.9 Å². The lowest BCUT2D eigenvalue weighted by atomic mass is 9.89. The van der Waals surface area contributed by atoms with Crippen LogP contribution in [0.15, 0.2) is 58.3 Å². The fraction of sp³-hybridized carbons (Fsp3) is 0.333. The first-order valence-electron chi connectivity index (χ1n) is 16.4. The van der Waals surface area contributed by atoms with Gasteiger partial charge in [-0.3, -0.25) is 23.6 Å². The zero-order valence-electron chi connectivity index (χ0n) is 28.0. The normalized spacial score (nSPS) is 18.2. The number of ether oxygens (including phenoxy) is 2. The van der Waals surface area contributed by atoms with E-state index in [0.717, 1.165) is 64.0 Å². The molecule has 2 aromatic carbocycles. The molecule has 0 radical (unpaired) electrons. The van der Waals surface area contributed by atoms with Crippen LogP contribution in [-0.4, -0.2) is 74.1 Å². The molecule has 2 aliphatic heterocycles. The molecule has 1 atom stereocenters. The van der Waals surface area contributed by atoms with Crippen LogP contribution in [-0.2, 0) is 30.0 Å². The Morgan fingerprint density at radius 2 is 1.82 bits per heavy atom. The van der Waals surface area contributed by atoms with Crippen molar-refractivity contribution in [3.8, 4) is 28.3 Å². The van der Waals surface area contributed by atoms with E-state index in [1.54, 1.807) is 14.2 Å². The summed E-state index contributed by atoms with van der Waals surface area (Å²) >= 11 is 7.21. The van der Waals surface area contributed by atoms with Crippen LogP contribution in [0.1, 0.15) is 29.2 Å². The molecule has 1 spiro atoms. The Labute approximate surface area is 291 Å². The van der Waals surface area contributed by atoms with Crippen molar-refractivity contribution in [1.29, 1.82) is 0 Å². The molecule has 1 amide bonds. The van der Waals surface area contributed by atoms with E-state index in [2.05, 4.69) is 31.8 Å². The van der Waals surface area contributed by atoms with Gasteiger partial charge in [0.15, 0.2) is 5.82 Å². The highest BCUT2D eigenvalue weighted by Gasteiger charge is 2.50. The summed E-state index contributed by atoms with van der Waals surface area (Å²) in [5, 5.41) is 15.3. The standard InChI is InChI=1S/C36H35ClN8O5/c1-19-21(7-6-10-24(19)40-32-30-27(14-39-42-32)43(2)35(48)44(3)34(30)47)22-8-5-9-23(31(22)37)25-13-20-11-12-26(29(20)33(41-25)49-4)45-17-36(18-45)16-38-28(46)15-50-36/h5-10,13-14,26H,11-12,15-18H2,1-4H3,(H,38,46)(H,40,42)/t26-/m0/s1. The first-order chi connectivity index (χ1) is 24.1. The van der Waals surface area contributed by atoms with Gasteiger partial charge < -0.3 is 20.1 Å². The molecule has 3 aromatic heterocycles. The van der Waals surface area contributed by atoms with Gasteiger partial charge in [-0.05, 0) is 48.6 Å². The van der Waals surface area contributed by atoms with Crippen molar-refractivity contribution in [2.45, 2.75) is 31.4 Å². The van der Waals surface area contributed by atoms with Crippen molar-refractivity contribution in [1.82, 2.24) is 34.5 Å². The number of benzene rings is 2. The van der Waals surface area contributed by atoms with Crippen LogP contribution in [0.25, 0.3) is 33.3 Å². The van der Waals surface area contributed by atoms with E-state index in [1.807, 2.05) is 43.3 Å². The van der Waals surface area contributed by atoms with Gasteiger partial charge in [0.2, 0.25) is 11.8 Å². The van der Waals surface area contributed by atoms with Crippen molar-refractivity contribution in [3.63, 3.8) is 0 Å². The molecule has 5 aromatic rings. The summed E-state index contributed by atoms with van der Waals surface area (Å²) in [7, 11) is 4.68. The van der Waals surface area contributed by atoms with Crippen LogP contribution in [0, 0.1) is 6.92 Å². The van der Waals surface area contributed by atoms with Gasteiger partial charge in [0.25, 0.3) is 5.56 Å². The van der Waals surface area contributed by atoms with Crippen LogP contribution in [0.2, 0.25) is 5.02 Å². The van der Waals surface area contributed by atoms with Crippen molar-refractivity contribution < 1.29 is 14.3 Å². The number of anilines is 2. The zero-order valence-corrected chi connectivity index (χ0v) is 28.8. The molecular weight excluding hydrogens is 660 g/mol. The average molecular weight is 695 g/mol. The second-order valence-corrected chi connectivity index (χ2v) is 13.6. The van der Waals surface area contributed by atoms with Crippen molar-refractivity contribution in [3.05, 3.63) is 91.2 Å². The van der Waals surface area contributed by atoms with E-state index < -0.39 is 11.2 Å². The molecule has 1 aliphatic carbocycles. The number of morpholine rings is 1. The molecule has 0 unspecified atom stereocenters. The number of halogens is 1. The third-order valence-electron chi connectivity index (χ3n) is 10.3. The highest BCUT2D eigenvalue weighted by atomic mass is 35.5. The molecule has 3 aliphatic rings. The maximum absolute atomic E-state index is 13.2. The minimum atomic E-state index is -0.462. The zero-order chi connectivity index (χ0) is 34.9. The van der Waals surface area contributed by atoms with E-state index in [4.69, 9.17) is 26.1 Å². The molecule has 50 heavy (non-hydrogen) atoms. The second kappa shape index (κ2) is 12.0. The molecule has 8 rings (SSSR count). The molecule has 2 fully saturated rings. The van der Waals surface area contributed by atoms with Gasteiger partial charge in [0, 0.05) is 62.1 Å². The first-order valence-corrected chi connectivity index (χ1v) is 16.8. The number of nitrogens with zero attached hydrogens (tertiary/aromatic N) is 6. The fourth-order valence-corrected chi connectivity index (χ4v) is 7.90. The third-order valence-corrected chi connectivity index (χ3v) is 10.7. The Hall–Kier alpha value is -5.11. The fourth-order valence-electron chi connectivity index (χ4n) is 7.58. The minimum absolute atomic E-state index is 0.0695. The van der Waals surface area contributed by atoms with Gasteiger partial charge in [-0.25, -0.2) is 9.78 Å². The number of amides is 1. The molecule has 0 saturated carbocycles. The minimum Gasteiger partial charge on any atom is -0.481 e. The Kier molecular flexibility index (Phi) is 7.73. The predicted molar refractivity (Wildman–Crippen MR) is 189 cm³/mol. The predicted octanol–water partition coefficient (Wildman–Crippen LogP) is 3.66. The summed E-state index contributed by atoms with van der Waals surface area (Å²) in [4.78, 5) is 44.6. The summed E-state index contributed by atoms with van der Waals surface area (Å²) in [6.45, 7) is 4.09. The van der Waals surface area contributed by atoms with Crippen LogP contribution in [0.5, 0.6) is 5.88 Å². The smallest absolute Gasteiger partial charge is 0.330 e. The summed E-state index contributed by atoms with van der Waals surface area (Å²) in [5.41, 5.74) is 6.22. The maximum atomic E-state index is 13.2. The van der Waals surface area contributed by atoms with E-state index in [9.17, 15) is 14.4 Å².